The molecular weight excluding hydrogens is 212 g/mol. The third-order valence-corrected chi connectivity index (χ3v) is 3.52. The van der Waals surface area contributed by atoms with Crippen molar-refractivity contribution in [3.8, 4) is 0 Å². The van der Waals surface area contributed by atoms with E-state index in [0.29, 0.717) is 11.4 Å². The van der Waals surface area contributed by atoms with Crippen LogP contribution in [0, 0.1) is 11.8 Å². The summed E-state index contributed by atoms with van der Waals surface area (Å²) in [6, 6.07) is 5.51. The number of allylic oxidation sites excluding steroid dienone is 3. The maximum Gasteiger partial charge on any atom is 0.170 e. The first-order chi connectivity index (χ1) is 8.15. The minimum absolute atomic E-state index is 0.101. The number of nitrogen functional groups attached to an aromatic ring is 1. The third kappa shape index (κ3) is 1.55. The van der Waals surface area contributed by atoms with Crippen molar-refractivity contribution in [1.82, 2.24) is 0 Å². The number of carbonyl (C=O) groups excluding carboxylic acids is 1. The lowest BCUT2D eigenvalue weighted by Gasteiger charge is -2.30. The highest BCUT2D eigenvalue weighted by Crippen LogP contribution is 2.35. The molecule has 0 saturated carbocycles. The zero-order chi connectivity index (χ0) is 12.0. The summed E-state index contributed by atoms with van der Waals surface area (Å²) >= 11 is 0. The highest BCUT2D eigenvalue weighted by Gasteiger charge is 2.34. The highest BCUT2D eigenvalue weighted by molar-refractivity contribution is 6.02. The van der Waals surface area contributed by atoms with Crippen molar-refractivity contribution >= 4 is 11.5 Å². The lowest BCUT2D eigenvalue weighted by atomic mass is 9.73. The molecule has 0 aromatic heterocycles. The van der Waals surface area contributed by atoms with E-state index in [0.717, 1.165) is 17.5 Å². The summed E-state index contributed by atoms with van der Waals surface area (Å²) in [5, 5.41) is 0. The van der Waals surface area contributed by atoms with Gasteiger partial charge in [0.05, 0.1) is 0 Å². The van der Waals surface area contributed by atoms with E-state index in [1.165, 1.54) is 0 Å². The van der Waals surface area contributed by atoms with Crippen molar-refractivity contribution in [3.05, 3.63) is 53.3 Å². The second-order valence-electron chi connectivity index (χ2n) is 4.70. The van der Waals surface area contributed by atoms with E-state index in [9.17, 15) is 4.79 Å². The Labute approximate surface area is 99.8 Å². The van der Waals surface area contributed by atoms with E-state index in [-0.39, 0.29) is 17.6 Å². The van der Waals surface area contributed by atoms with Crippen molar-refractivity contribution in [1.29, 1.82) is 0 Å². The zero-order valence-electron chi connectivity index (χ0n) is 9.39. The van der Waals surface area contributed by atoms with Gasteiger partial charge in [0.25, 0.3) is 0 Å². The fourth-order valence-corrected chi connectivity index (χ4v) is 2.66. The van der Waals surface area contributed by atoms with Crippen molar-refractivity contribution in [2.75, 3.05) is 5.73 Å². The normalized spacial score (nSPS) is 26.1. The van der Waals surface area contributed by atoms with Crippen molar-refractivity contribution < 1.29 is 4.79 Å². The Morgan fingerprint density at radius 1 is 1.24 bits per heavy atom. The van der Waals surface area contributed by atoms with Gasteiger partial charge in [0.2, 0.25) is 0 Å². The molecule has 86 valence electrons. The lowest BCUT2D eigenvalue weighted by molar-refractivity contribution is 0.0907. The molecule has 0 saturated heterocycles. The number of fused-ring (bicyclic) bond motifs is 2. The average molecular weight is 226 g/mol. The Kier molecular flexibility index (Phi) is 2.08. The summed E-state index contributed by atoms with van der Waals surface area (Å²) in [5.74, 6) is 0.281. The molecular formula is C14H14N2O. The van der Waals surface area contributed by atoms with Gasteiger partial charge in [-0.3, -0.25) is 4.79 Å². The van der Waals surface area contributed by atoms with Gasteiger partial charge in [0.1, 0.15) is 0 Å². The molecule has 4 N–H and O–H groups in total. The summed E-state index contributed by atoms with van der Waals surface area (Å²) in [6.07, 6.45) is 6.64. The van der Waals surface area contributed by atoms with Crippen LogP contribution in [0.25, 0.3) is 0 Å². The van der Waals surface area contributed by atoms with Crippen LogP contribution in [-0.4, -0.2) is 5.78 Å². The number of rotatable bonds is 0. The molecule has 0 aliphatic heterocycles. The molecule has 2 aliphatic carbocycles. The van der Waals surface area contributed by atoms with Crippen molar-refractivity contribution in [3.63, 3.8) is 0 Å². The van der Waals surface area contributed by atoms with Gasteiger partial charge in [-0.25, -0.2) is 0 Å². The maximum atomic E-state index is 12.3. The van der Waals surface area contributed by atoms with E-state index in [4.69, 9.17) is 11.5 Å². The van der Waals surface area contributed by atoms with E-state index in [2.05, 4.69) is 0 Å². The van der Waals surface area contributed by atoms with Gasteiger partial charge in [0, 0.05) is 22.9 Å². The zero-order valence-corrected chi connectivity index (χ0v) is 9.39. The van der Waals surface area contributed by atoms with Crippen LogP contribution < -0.4 is 11.5 Å². The average Bonchev–Trinajstić information content (AvgIpc) is 2.30. The van der Waals surface area contributed by atoms with E-state index in [1.54, 1.807) is 6.07 Å². The Hall–Kier alpha value is -2.03. The second-order valence-corrected chi connectivity index (χ2v) is 4.70. The molecule has 3 rings (SSSR count). The molecule has 0 amide bonds. The van der Waals surface area contributed by atoms with Crippen LogP contribution in [0.3, 0.4) is 0 Å². The molecule has 3 nitrogen and oxygen atoms in total. The summed E-state index contributed by atoms with van der Waals surface area (Å²) in [5.41, 5.74) is 14.7. The molecule has 0 spiro atoms. The molecule has 1 aromatic rings. The van der Waals surface area contributed by atoms with Crippen LogP contribution in [0.15, 0.2) is 42.1 Å². The second kappa shape index (κ2) is 3.48. The van der Waals surface area contributed by atoms with Crippen LogP contribution in [0.4, 0.5) is 5.69 Å². The molecule has 3 heteroatoms. The van der Waals surface area contributed by atoms with E-state index in [1.807, 2.05) is 30.4 Å². The topological polar surface area (TPSA) is 69.1 Å². The third-order valence-electron chi connectivity index (χ3n) is 3.52. The van der Waals surface area contributed by atoms with Gasteiger partial charge < -0.3 is 11.5 Å². The Morgan fingerprint density at radius 2 is 2.06 bits per heavy atom. The summed E-state index contributed by atoms with van der Waals surface area (Å²) in [4.78, 5) is 12.3. The predicted octanol–water partition coefficient (Wildman–Crippen LogP) is 1.65. The van der Waals surface area contributed by atoms with E-state index < -0.39 is 0 Å². The van der Waals surface area contributed by atoms with Crippen LogP contribution in [0.1, 0.15) is 15.9 Å². The van der Waals surface area contributed by atoms with Crippen molar-refractivity contribution in [2.24, 2.45) is 17.6 Å². The smallest absolute Gasteiger partial charge is 0.170 e. The SMILES string of the molecule is NC1=CC2C(=O)c3ccc(N)cc3CC2C=C1. The summed E-state index contributed by atoms with van der Waals surface area (Å²) in [6.45, 7) is 0. The van der Waals surface area contributed by atoms with Crippen LogP contribution in [0.5, 0.6) is 0 Å². The number of anilines is 1. The van der Waals surface area contributed by atoms with Crippen molar-refractivity contribution in [2.45, 2.75) is 6.42 Å². The van der Waals surface area contributed by atoms with Crippen LogP contribution >= 0.6 is 0 Å². The molecule has 1 aromatic carbocycles. The number of carbonyl (C=O) groups is 1. The molecule has 0 heterocycles. The molecule has 2 unspecified atom stereocenters. The molecule has 2 aliphatic rings. The maximum absolute atomic E-state index is 12.3. The molecule has 17 heavy (non-hydrogen) atoms. The minimum atomic E-state index is -0.101. The predicted molar refractivity (Wildman–Crippen MR) is 67.3 cm³/mol. The summed E-state index contributed by atoms with van der Waals surface area (Å²) < 4.78 is 0. The number of nitrogens with two attached hydrogens (primary N) is 2. The molecule has 0 bridgehead atoms. The first-order valence-corrected chi connectivity index (χ1v) is 5.73. The molecule has 0 radical (unpaired) electrons. The molecule has 2 atom stereocenters. The number of ketones is 1. The summed E-state index contributed by atoms with van der Waals surface area (Å²) in [7, 11) is 0. The highest BCUT2D eigenvalue weighted by atomic mass is 16.1. The van der Waals surface area contributed by atoms with Crippen LogP contribution in [-0.2, 0) is 6.42 Å². The monoisotopic (exact) mass is 226 g/mol. The van der Waals surface area contributed by atoms with Gasteiger partial charge in [-0.15, -0.1) is 0 Å². The number of hydrogen-bond donors (Lipinski definition) is 2. The van der Waals surface area contributed by atoms with Gasteiger partial charge >= 0.3 is 0 Å². The van der Waals surface area contributed by atoms with Gasteiger partial charge in [-0.05, 0) is 42.2 Å². The Morgan fingerprint density at radius 3 is 2.88 bits per heavy atom. The standard InChI is InChI=1S/C14H14N2O/c15-10-3-4-12-9(6-10)5-8-1-2-11(16)7-13(8)14(12)17/h1-4,6-8,13H,5,15-16H2. The van der Waals surface area contributed by atoms with E-state index >= 15 is 0 Å². The van der Waals surface area contributed by atoms with Gasteiger partial charge in [-0.2, -0.15) is 0 Å². The Bertz CT molecular complexity index is 557. The lowest BCUT2D eigenvalue weighted by Crippen LogP contribution is -2.31. The number of benzene rings is 1. The largest absolute Gasteiger partial charge is 0.399 e. The fourth-order valence-electron chi connectivity index (χ4n) is 2.66. The van der Waals surface area contributed by atoms with Gasteiger partial charge in [0.15, 0.2) is 5.78 Å². The first-order valence-electron chi connectivity index (χ1n) is 5.73. The van der Waals surface area contributed by atoms with Crippen LogP contribution in [0.2, 0.25) is 0 Å². The Balaban J connectivity index is 2.09. The molecule has 0 fully saturated rings. The van der Waals surface area contributed by atoms with Gasteiger partial charge in [-0.1, -0.05) is 12.2 Å². The quantitative estimate of drug-likeness (QED) is 0.661. The number of hydrogen-bond acceptors (Lipinski definition) is 3. The first kappa shape index (κ1) is 10.1. The minimum Gasteiger partial charge on any atom is -0.399 e. The number of Topliss-reactive ketones (excluding diaryl/α,β-unsaturated/α-hetero) is 1. The fraction of sp³-hybridized carbons (Fsp3) is 0.214.